The Labute approximate surface area is 155 Å². The van der Waals surface area contributed by atoms with Crippen molar-refractivity contribution in [2.45, 2.75) is 17.9 Å². The van der Waals surface area contributed by atoms with Crippen LogP contribution >= 0.6 is 0 Å². The minimum atomic E-state index is -3.16. The van der Waals surface area contributed by atoms with Gasteiger partial charge in [-0.1, -0.05) is 11.2 Å². The Balaban J connectivity index is 1.32. The Hall–Kier alpha value is -3.07. The number of nitrogens with zero attached hydrogens (tertiary/aromatic N) is 2. The smallest absolute Gasteiger partial charge is 0.246 e. The molecule has 27 heavy (non-hydrogen) atoms. The Bertz CT molecular complexity index is 1140. The van der Waals surface area contributed by atoms with Gasteiger partial charge < -0.3 is 19.3 Å². The number of hydrogen-bond donors (Lipinski definition) is 1. The molecule has 0 spiro atoms. The first kappa shape index (κ1) is 16.1. The van der Waals surface area contributed by atoms with Crippen LogP contribution in [0.5, 0.6) is 11.5 Å². The Kier molecular flexibility index (Phi) is 3.57. The molecule has 0 unspecified atom stereocenters. The topological polar surface area (TPSA) is 104 Å². The lowest BCUT2D eigenvalue weighted by Gasteiger charge is -2.05. The molecule has 138 valence electrons. The molecule has 3 heterocycles. The fourth-order valence-electron chi connectivity index (χ4n) is 3.17. The van der Waals surface area contributed by atoms with Gasteiger partial charge >= 0.3 is 0 Å². The molecule has 0 fully saturated rings. The average molecular weight is 385 g/mol. The number of rotatable bonds is 4. The quantitative estimate of drug-likeness (QED) is 0.730. The van der Waals surface area contributed by atoms with Gasteiger partial charge in [-0.2, -0.15) is 4.98 Å². The maximum atomic E-state index is 12.0. The van der Waals surface area contributed by atoms with Crippen molar-refractivity contribution in [3.63, 3.8) is 0 Å². The summed E-state index contributed by atoms with van der Waals surface area (Å²) in [5.74, 6) is 2.36. The van der Waals surface area contributed by atoms with Crippen molar-refractivity contribution >= 4 is 15.5 Å². The van der Waals surface area contributed by atoms with E-state index in [0.29, 0.717) is 40.2 Å². The van der Waals surface area contributed by atoms with Gasteiger partial charge in [0.25, 0.3) is 0 Å². The standard InChI is InChI=1S/C18H15N3O5S/c22-27(23)6-5-11-1-3-13(8-16(11)27)19-9-17-20-18(21-26-17)12-2-4-14-15(7-12)25-10-24-14/h1-4,7-8,19H,5-6,9-10H2. The first-order chi connectivity index (χ1) is 13.1. The van der Waals surface area contributed by atoms with Gasteiger partial charge in [0.1, 0.15) is 0 Å². The lowest BCUT2D eigenvalue weighted by atomic mass is 10.1. The van der Waals surface area contributed by atoms with Crippen LogP contribution < -0.4 is 14.8 Å². The number of hydrogen-bond acceptors (Lipinski definition) is 8. The summed E-state index contributed by atoms with van der Waals surface area (Å²) in [5.41, 5.74) is 2.32. The second kappa shape index (κ2) is 5.98. The van der Waals surface area contributed by atoms with Gasteiger partial charge in [0.05, 0.1) is 17.2 Å². The van der Waals surface area contributed by atoms with Crippen LogP contribution in [0.1, 0.15) is 11.5 Å². The van der Waals surface area contributed by atoms with Gasteiger partial charge in [0, 0.05) is 11.3 Å². The van der Waals surface area contributed by atoms with Crippen molar-refractivity contribution in [2.24, 2.45) is 0 Å². The summed E-state index contributed by atoms with van der Waals surface area (Å²) in [6.45, 7) is 0.493. The number of aromatic nitrogens is 2. The molecule has 0 atom stereocenters. The molecule has 0 aliphatic carbocycles. The molecule has 0 saturated carbocycles. The van der Waals surface area contributed by atoms with E-state index in [9.17, 15) is 8.42 Å². The molecule has 0 amide bonds. The molecule has 2 aliphatic heterocycles. The monoisotopic (exact) mass is 385 g/mol. The summed E-state index contributed by atoms with van der Waals surface area (Å²) < 4.78 is 40.0. The van der Waals surface area contributed by atoms with Gasteiger partial charge in [-0.05, 0) is 42.3 Å². The van der Waals surface area contributed by atoms with Crippen LogP contribution in [0.25, 0.3) is 11.4 Å². The van der Waals surface area contributed by atoms with Crippen LogP contribution in [0, 0.1) is 0 Å². The predicted octanol–water partition coefficient (Wildman–Crippen LogP) is 2.41. The molecule has 8 nitrogen and oxygen atoms in total. The highest BCUT2D eigenvalue weighted by Crippen LogP contribution is 2.35. The van der Waals surface area contributed by atoms with E-state index >= 15 is 0 Å². The highest BCUT2D eigenvalue weighted by molar-refractivity contribution is 7.91. The maximum Gasteiger partial charge on any atom is 0.246 e. The predicted molar refractivity (Wildman–Crippen MR) is 95.4 cm³/mol. The average Bonchev–Trinajstić information content (AvgIpc) is 3.38. The number of anilines is 1. The molecule has 9 heteroatoms. The lowest BCUT2D eigenvalue weighted by Crippen LogP contribution is -2.02. The van der Waals surface area contributed by atoms with Gasteiger partial charge in [-0.25, -0.2) is 8.42 Å². The molecule has 2 aromatic carbocycles. The molecule has 5 rings (SSSR count). The van der Waals surface area contributed by atoms with Gasteiger partial charge in [0.15, 0.2) is 21.3 Å². The van der Waals surface area contributed by atoms with E-state index in [2.05, 4.69) is 15.5 Å². The highest BCUT2D eigenvalue weighted by Gasteiger charge is 2.26. The van der Waals surface area contributed by atoms with Crippen LogP contribution in [0.4, 0.5) is 5.69 Å². The van der Waals surface area contributed by atoms with Crippen LogP contribution in [0.15, 0.2) is 45.8 Å². The summed E-state index contributed by atoms with van der Waals surface area (Å²) in [7, 11) is -3.16. The van der Waals surface area contributed by atoms with Crippen molar-refractivity contribution in [3.05, 3.63) is 47.9 Å². The molecular weight excluding hydrogens is 370 g/mol. The maximum absolute atomic E-state index is 12.0. The van der Waals surface area contributed by atoms with Crippen LogP contribution in [-0.2, 0) is 22.8 Å². The second-order valence-corrected chi connectivity index (χ2v) is 8.40. The molecule has 0 radical (unpaired) electrons. The van der Waals surface area contributed by atoms with Crippen molar-refractivity contribution in [3.8, 4) is 22.9 Å². The summed E-state index contributed by atoms with van der Waals surface area (Å²) in [5, 5.41) is 7.12. The van der Waals surface area contributed by atoms with E-state index in [0.717, 1.165) is 11.1 Å². The number of benzene rings is 2. The molecule has 1 N–H and O–H groups in total. The minimum Gasteiger partial charge on any atom is -0.454 e. The zero-order valence-electron chi connectivity index (χ0n) is 14.1. The van der Waals surface area contributed by atoms with Crippen molar-refractivity contribution in [2.75, 3.05) is 17.9 Å². The third-order valence-corrected chi connectivity index (χ3v) is 6.38. The van der Waals surface area contributed by atoms with Gasteiger partial charge in [-0.15, -0.1) is 0 Å². The van der Waals surface area contributed by atoms with E-state index < -0.39 is 9.84 Å². The van der Waals surface area contributed by atoms with Crippen LogP contribution in [0.3, 0.4) is 0 Å². The first-order valence-corrected chi connectivity index (χ1v) is 10.1. The summed E-state index contributed by atoms with van der Waals surface area (Å²) in [6.07, 6.45) is 0.570. The van der Waals surface area contributed by atoms with E-state index in [1.54, 1.807) is 18.2 Å². The number of sulfone groups is 1. The van der Waals surface area contributed by atoms with Crippen molar-refractivity contribution in [1.29, 1.82) is 0 Å². The Morgan fingerprint density at radius 1 is 1.07 bits per heavy atom. The number of fused-ring (bicyclic) bond motifs is 2. The van der Waals surface area contributed by atoms with Crippen molar-refractivity contribution in [1.82, 2.24) is 10.1 Å². The molecular formula is C18H15N3O5S. The minimum absolute atomic E-state index is 0.175. The highest BCUT2D eigenvalue weighted by atomic mass is 32.2. The van der Waals surface area contributed by atoms with Gasteiger partial charge in [0.2, 0.25) is 18.5 Å². The van der Waals surface area contributed by atoms with E-state index in [1.807, 2.05) is 18.2 Å². The summed E-state index contributed by atoms with van der Waals surface area (Å²) in [4.78, 5) is 4.77. The van der Waals surface area contributed by atoms with E-state index in [4.69, 9.17) is 14.0 Å². The Morgan fingerprint density at radius 2 is 1.96 bits per heavy atom. The fraction of sp³-hybridized carbons (Fsp3) is 0.222. The zero-order valence-corrected chi connectivity index (χ0v) is 15.0. The molecule has 0 saturated heterocycles. The van der Waals surface area contributed by atoms with E-state index in [-0.39, 0.29) is 19.1 Å². The number of ether oxygens (including phenoxy) is 2. The van der Waals surface area contributed by atoms with Crippen LogP contribution in [0.2, 0.25) is 0 Å². The van der Waals surface area contributed by atoms with Gasteiger partial charge in [-0.3, -0.25) is 0 Å². The summed E-state index contributed by atoms with van der Waals surface area (Å²) in [6, 6.07) is 10.8. The molecule has 2 aliphatic rings. The fourth-order valence-corrected chi connectivity index (χ4v) is 4.76. The Morgan fingerprint density at radius 3 is 2.89 bits per heavy atom. The summed E-state index contributed by atoms with van der Waals surface area (Å²) >= 11 is 0. The molecule has 0 bridgehead atoms. The van der Waals surface area contributed by atoms with Crippen LogP contribution in [-0.4, -0.2) is 31.1 Å². The SMILES string of the molecule is O=S1(=O)CCc2ccc(NCc3nc(-c4ccc5c(c4)OCO5)no3)cc21. The molecule has 3 aromatic rings. The third-order valence-electron chi connectivity index (χ3n) is 4.58. The third kappa shape index (κ3) is 2.89. The second-order valence-electron chi connectivity index (χ2n) is 6.32. The normalized spacial score (nSPS) is 16.3. The largest absolute Gasteiger partial charge is 0.454 e. The lowest BCUT2D eigenvalue weighted by molar-refractivity contribution is 0.174. The van der Waals surface area contributed by atoms with E-state index in [1.165, 1.54) is 0 Å². The number of aryl methyl sites for hydroxylation is 1. The number of nitrogens with one attached hydrogen (secondary N) is 1. The zero-order chi connectivity index (χ0) is 18.4. The molecule has 1 aromatic heterocycles. The van der Waals surface area contributed by atoms with Crippen molar-refractivity contribution < 1.29 is 22.4 Å². The first-order valence-electron chi connectivity index (χ1n) is 8.41.